The number of benzene rings is 1. The molecule has 0 aromatic heterocycles. The summed E-state index contributed by atoms with van der Waals surface area (Å²) >= 11 is 0. The molecule has 29 valence electrons. The highest BCUT2D eigenvalue weighted by atomic mass is 13.6. The third-order valence-corrected chi connectivity index (χ3v) is 0.455. The topological polar surface area (TPSA) is 0 Å². The van der Waals surface area contributed by atoms with Crippen LogP contribution in [-0.2, 0) is 0 Å². The molecular weight excluding hydrogens is 72.1 g/mol. The molecule has 0 aliphatic rings. The van der Waals surface area contributed by atoms with Gasteiger partial charge in [-0.15, -0.1) is 0 Å². The summed E-state index contributed by atoms with van der Waals surface area (Å²) in [7, 11) is 0. The SMILES string of the molecule is [2H]c1[c]c([2H])cc([2H])c1. The van der Waals surface area contributed by atoms with Crippen molar-refractivity contribution in [3.05, 3.63) is 36.3 Å². The molecule has 0 nitrogen and oxygen atoms in total. The molecule has 0 spiro atoms. The lowest BCUT2D eigenvalue weighted by Crippen LogP contribution is -1.49. The van der Waals surface area contributed by atoms with E-state index in [0.717, 1.165) is 0 Å². The van der Waals surface area contributed by atoms with Gasteiger partial charge in [-0.3, -0.25) is 0 Å². The van der Waals surface area contributed by atoms with Gasteiger partial charge in [0.1, 0.15) is 0 Å². The third-order valence-electron chi connectivity index (χ3n) is 0.455. The predicted octanol–water partition coefficient (Wildman–Crippen LogP) is 1.49. The van der Waals surface area contributed by atoms with Gasteiger partial charge in [0, 0.05) is 0 Å². The van der Waals surface area contributed by atoms with Gasteiger partial charge >= 0.3 is 0 Å². The monoisotopic (exact) mass is 80.1 g/mol. The second kappa shape index (κ2) is 1.61. The largest absolute Gasteiger partial charge is 0.0629 e. The van der Waals surface area contributed by atoms with Crippen molar-refractivity contribution in [2.24, 2.45) is 0 Å². The molecule has 0 heterocycles. The minimum atomic E-state index is 0.104. The maximum Gasteiger partial charge on any atom is 0.0629 e. The van der Waals surface area contributed by atoms with Gasteiger partial charge in [-0.2, -0.15) is 0 Å². The Bertz CT molecular complexity index is 169. The molecule has 0 fully saturated rings. The normalized spacial score (nSPS) is 15.0. The second-order valence-electron chi connectivity index (χ2n) is 0.869. The van der Waals surface area contributed by atoms with Crippen molar-refractivity contribution in [1.29, 1.82) is 0 Å². The molecule has 1 rings (SSSR count). The zero-order valence-electron chi connectivity index (χ0n) is 6.15. The molecule has 1 radical (unpaired) electrons. The Labute approximate surface area is 41.6 Å². The highest BCUT2D eigenvalue weighted by molar-refractivity contribution is 4.97. The minimum Gasteiger partial charge on any atom is -0.0622 e. The molecule has 0 saturated heterocycles. The lowest BCUT2D eigenvalue weighted by molar-refractivity contribution is 1.70. The van der Waals surface area contributed by atoms with E-state index in [2.05, 4.69) is 6.07 Å². The summed E-state index contributed by atoms with van der Waals surface area (Å²) in [6, 6.07) is 5.52. The van der Waals surface area contributed by atoms with Crippen molar-refractivity contribution in [2.75, 3.05) is 0 Å². The van der Waals surface area contributed by atoms with Crippen molar-refractivity contribution < 1.29 is 4.11 Å². The highest BCUT2D eigenvalue weighted by Gasteiger charge is 1.58. The molecule has 0 bridgehead atoms. The molecule has 0 aliphatic heterocycles. The summed E-state index contributed by atoms with van der Waals surface area (Å²) in [5, 5.41) is 0. The number of rotatable bonds is 0. The van der Waals surface area contributed by atoms with E-state index in [1.165, 1.54) is 12.1 Å². The van der Waals surface area contributed by atoms with Gasteiger partial charge in [0.2, 0.25) is 0 Å². The molecule has 6 heavy (non-hydrogen) atoms. The van der Waals surface area contributed by atoms with E-state index >= 15 is 0 Å². The lowest BCUT2D eigenvalue weighted by atomic mass is 10.4. The molecule has 0 atom stereocenters. The summed E-state index contributed by atoms with van der Waals surface area (Å²) in [6.07, 6.45) is 0. The van der Waals surface area contributed by atoms with Gasteiger partial charge in [0.25, 0.3) is 0 Å². The van der Waals surface area contributed by atoms with E-state index in [0.29, 0.717) is 0 Å². The zero-order chi connectivity index (χ0) is 6.85. The van der Waals surface area contributed by atoms with Gasteiger partial charge in [-0.25, -0.2) is 0 Å². The first-order chi connectivity index (χ1) is 4.18. The van der Waals surface area contributed by atoms with Crippen molar-refractivity contribution in [1.82, 2.24) is 0 Å². The quantitative estimate of drug-likeness (QED) is 0.443. The van der Waals surface area contributed by atoms with Crippen LogP contribution in [0.5, 0.6) is 0 Å². The fourth-order valence-electron chi connectivity index (χ4n) is 0.239. The fourth-order valence-corrected chi connectivity index (χ4v) is 0.239. The van der Waals surface area contributed by atoms with Crippen LogP contribution in [0.3, 0.4) is 0 Å². The first kappa shape index (κ1) is 1.38. The highest BCUT2D eigenvalue weighted by Crippen LogP contribution is 1.78. The van der Waals surface area contributed by atoms with Crippen molar-refractivity contribution in [3.63, 3.8) is 0 Å². The van der Waals surface area contributed by atoms with Gasteiger partial charge in [-0.1, -0.05) is 30.3 Å². The first-order valence-electron chi connectivity index (χ1n) is 3.15. The summed E-state index contributed by atoms with van der Waals surface area (Å²) in [5.41, 5.74) is 0. The van der Waals surface area contributed by atoms with Gasteiger partial charge < -0.3 is 0 Å². The molecular formula is C6H5. The third kappa shape index (κ3) is 0.582. The summed E-state index contributed by atoms with van der Waals surface area (Å²) < 4.78 is 21.0. The van der Waals surface area contributed by atoms with Crippen LogP contribution in [0.25, 0.3) is 0 Å². The number of hydrogen-bond acceptors (Lipinski definition) is 0. The van der Waals surface area contributed by atoms with Crippen molar-refractivity contribution >= 4 is 0 Å². The molecule has 0 aliphatic carbocycles. The van der Waals surface area contributed by atoms with E-state index in [-0.39, 0.29) is 18.1 Å². The van der Waals surface area contributed by atoms with E-state index < -0.39 is 0 Å². The second-order valence-corrected chi connectivity index (χ2v) is 0.869. The minimum absolute atomic E-state index is 0.104. The molecule has 0 amide bonds. The van der Waals surface area contributed by atoms with E-state index in [4.69, 9.17) is 4.11 Å². The van der Waals surface area contributed by atoms with Crippen LogP contribution in [-0.4, -0.2) is 0 Å². The van der Waals surface area contributed by atoms with Gasteiger partial charge in [0.05, 0.1) is 4.11 Å². The Morgan fingerprint density at radius 3 is 2.50 bits per heavy atom. The Morgan fingerprint density at radius 2 is 2.00 bits per heavy atom. The van der Waals surface area contributed by atoms with Crippen LogP contribution >= 0.6 is 0 Å². The summed E-state index contributed by atoms with van der Waals surface area (Å²) in [5.74, 6) is 0. The standard InChI is InChI=1S/C6H5/c1-2-4-6-5-3-1/h1-5H/i1D,4D,5D. The average molecular weight is 80.1 g/mol. The zero-order valence-corrected chi connectivity index (χ0v) is 3.15. The number of hydrogen-bond donors (Lipinski definition) is 0. The van der Waals surface area contributed by atoms with Crippen LogP contribution in [0.4, 0.5) is 0 Å². The Morgan fingerprint density at radius 1 is 1.33 bits per heavy atom. The lowest BCUT2D eigenvalue weighted by Gasteiger charge is -1.68. The summed E-state index contributed by atoms with van der Waals surface area (Å²) in [6.45, 7) is 0. The Hall–Kier alpha value is -0.780. The van der Waals surface area contributed by atoms with E-state index in [9.17, 15) is 0 Å². The molecule has 0 unspecified atom stereocenters. The van der Waals surface area contributed by atoms with E-state index in [1.807, 2.05) is 0 Å². The molecule has 0 N–H and O–H groups in total. The predicted molar refractivity (Wildman–Crippen MR) is 25.3 cm³/mol. The van der Waals surface area contributed by atoms with Crippen LogP contribution < -0.4 is 0 Å². The van der Waals surface area contributed by atoms with Crippen molar-refractivity contribution in [2.45, 2.75) is 0 Å². The maximum absolute atomic E-state index is 7.02. The molecule has 0 saturated carbocycles. The Balaban J connectivity index is 3.17. The fraction of sp³-hybridized carbons (Fsp3) is 0. The summed E-state index contributed by atoms with van der Waals surface area (Å²) in [4.78, 5) is 0. The smallest absolute Gasteiger partial charge is 0.0622 e. The molecule has 0 heteroatoms. The van der Waals surface area contributed by atoms with Crippen LogP contribution in [0.15, 0.2) is 30.3 Å². The maximum atomic E-state index is 7.02. The molecule has 1 aromatic carbocycles. The van der Waals surface area contributed by atoms with Crippen LogP contribution in [0.2, 0.25) is 0 Å². The first-order valence-corrected chi connectivity index (χ1v) is 1.65. The van der Waals surface area contributed by atoms with E-state index in [1.54, 1.807) is 0 Å². The van der Waals surface area contributed by atoms with Gasteiger partial charge in [-0.05, 0) is 6.07 Å². The Kier molecular flexibility index (Phi) is 0.368. The van der Waals surface area contributed by atoms with Gasteiger partial charge in [0.15, 0.2) is 0 Å². The van der Waals surface area contributed by atoms with Crippen molar-refractivity contribution in [3.8, 4) is 0 Å². The average Bonchev–Trinajstić information content (AvgIpc) is 1.59. The van der Waals surface area contributed by atoms with Crippen LogP contribution in [0, 0.1) is 6.07 Å². The molecule has 1 aromatic rings. The van der Waals surface area contributed by atoms with Crippen LogP contribution in [0.1, 0.15) is 4.11 Å².